The fourth-order valence-corrected chi connectivity index (χ4v) is 3.16. The molecule has 0 fully saturated rings. The van der Waals surface area contributed by atoms with E-state index in [-0.39, 0.29) is 17.9 Å². The topological polar surface area (TPSA) is 49.3 Å². The molecule has 4 heteroatoms. The number of aliphatic hydroxyl groups excluding tert-OH is 1. The van der Waals surface area contributed by atoms with Gasteiger partial charge in [-0.05, 0) is 36.6 Å². The van der Waals surface area contributed by atoms with E-state index in [9.17, 15) is 9.90 Å². The van der Waals surface area contributed by atoms with Gasteiger partial charge in [-0.1, -0.05) is 78.2 Å². The molecule has 134 valence electrons. The van der Waals surface area contributed by atoms with Crippen LogP contribution in [0.3, 0.4) is 0 Å². The average Bonchev–Trinajstić information content (AvgIpc) is 2.63. The number of amides is 1. The molecule has 0 saturated carbocycles. The highest BCUT2D eigenvalue weighted by Gasteiger charge is 2.24. The van der Waals surface area contributed by atoms with Crippen LogP contribution < -0.4 is 5.32 Å². The smallest absolute Gasteiger partial charge is 0.227 e. The molecule has 0 bridgehead atoms. The van der Waals surface area contributed by atoms with Crippen molar-refractivity contribution < 1.29 is 9.90 Å². The second-order valence-electron chi connectivity index (χ2n) is 6.40. The molecule has 0 spiro atoms. The molecule has 3 unspecified atom stereocenters. The largest absolute Gasteiger partial charge is 0.386 e. The lowest BCUT2D eigenvalue weighted by atomic mass is 9.92. The second-order valence-corrected chi connectivity index (χ2v) is 7.31. The number of halogens is 1. The summed E-state index contributed by atoms with van der Waals surface area (Å²) in [5.74, 6) is -0.225. The van der Waals surface area contributed by atoms with Crippen molar-refractivity contribution in [1.82, 2.24) is 5.32 Å². The Bertz CT molecular complexity index is 657. The molecule has 3 nitrogen and oxygen atoms in total. The van der Waals surface area contributed by atoms with Gasteiger partial charge in [0.25, 0.3) is 0 Å². The van der Waals surface area contributed by atoms with E-state index in [4.69, 9.17) is 0 Å². The Morgan fingerprint density at radius 1 is 1.08 bits per heavy atom. The van der Waals surface area contributed by atoms with Gasteiger partial charge >= 0.3 is 0 Å². The van der Waals surface area contributed by atoms with Crippen molar-refractivity contribution >= 4 is 21.8 Å². The van der Waals surface area contributed by atoms with Crippen molar-refractivity contribution in [3.63, 3.8) is 0 Å². The summed E-state index contributed by atoms with van der Waals surface area (Å²) in [7, 11) is 0. The van der Waals surface area contributed by atoms with Gasteiger partial charge in [-0.25, -0.2) is 0 Å². The Morgan fingerprint density at radius 3 is 2.32 bits per heavy atom. The Balaban J connectivity index is 2.09. The van der Waals surface area contributed by atoms with E-state index >= 15 is 0 Å². The lowest BCUT2D eigenvalue weighted by Crippen LogP contribution is -2.40. The van der Waals surface area contributed by atoms with Gasteiger partial charge in [0.2, 0.25) is 5.91 Å². The first kappa shape index (κ1) is 19.7. The zero-order valence-electron chi connectivity index (χ0n) is 14.8. The molecular weight excluding hydrogens is 378 g/mol. The van der Waals surface area contributed by atoms with E-state index in [1.807, 2.05) is 61.5 Å². The minimum absolute atomic E-state index is 0.0294. The molecule has 0 aliphatic heterocycles. The maximum absolute atomic E-state index is 12.8. The van der Waals surface area contributed by atoms with Gasteiger partial charge in [0.1, 0.15) is 0 Å². The third-order valence-electron chi connectivity index (χ3n) is 4.42. The number of unbranched alkanes of at least 4 members (excludes halogenated alkanes) is 1. The van der Waals surface area contributed by atoms with Gasteiger partial charge < -0.3 is 10.4 Å². The zero-order valence-corrected chi connectivity index (χ0v) is 16.4. The quantitative estimate of drug-likeness (QED) is 0.653. The van der Waals surface area contributed by atoms with Crippen molar-refractivity contribution in [2.75, 3.05) is 0 Å². The van der Waals surface area contributed by atoms with Crippen molar-refractivity contribution in [3.8, 4) is 0 Å². The molecule has 2 aromatic rings. The summed E-state index contributed by atoms with van der Waals surface area (Å²) in [4.78, 5) is 12.8. The number of hydrogen-bond acceptors (Lipinski definition) is 2. The number of carbonyl (C=O) groups is 1. The third kappa shape index (κ3) is 5.68. The number of hydrogen-bond donors (Lipinski definition) is 2. The Morgan fingerprint density at radius 2 is 1.72 bits per heavy atom. The Kier molecular flexibility index (Phi) is 7.66. The van der Waals surface area contributed by atoms with Crippen LogP contribution in [0, 0.1) is 0 Å². The fourth-order valence-electron chi connectivity index (χ4n) is 2.90. The Labute approximate surface area is 158 Å². The summed E-state index contributed by atoms with van der Waals surface area (Å²) in [5.41, 5.74) is 1.82. The molecule has 2 rings (SSSR count). The summed E-state index contributed by atoms with van der Waals surface area (Å²) in [5, 5.41) is 13.5. The maximum Gasteiger partial charge on any atom is 0.227 e. The molecule has 0 aromatic heterocycles. The number of nitrogens with one attached hydrogen (secondary N) is 1. The predicted octanol–water partition coefficient (Wildman–Crippen LogP) is 4.96. The lowest BCUT2D eigenvalue weighted by Gasteiger charge is -2.24. The van der Waals surface area contributed by atoms with Crippen LogP contribution in [0.15, 0.2) is 59.1 Å². The van der Waals surface area contributed by atoms with Gasteiger partial charge in [-0.2, -0.15) is 0 Å². The van der Waals surface area contributed by atoms with Crippen molar-refractivity contribution in [2.24, 2.45) is 0 Å². The van der Waals surface area contributed by atoms with Gasteiger partial charge in [-0.15, -0.1) is 0 Å². The van der Waals surface area contributed by atoms with Crippen molar-refractivity contribution in [3.05, 3.63) is 70.2 Å². The first-order valence-corrected chi connectivity index (χ1v) is 9.61. The molecule has 25 heavy (non-hydrogen) atoms. The maximum atomic E-state index is 12.8. The minimum atomic E-state index is -0.720. The molecule has 0 heterocycles. The van der Waals surface area contributed by atoms with Crippen LogP contribution in [0.4, 0.5) is 0 Å². The van der Waals surface area contributed by atoms with E-state index in [1.54, 1.807) is 0 Å². The molecule has 2 aromatic carbocycles. The summed E-state index contributed by atoms with van der Waals surface area (Å²) < 4.78 is 0.999. The number of rotatable bonds is 8. The van der Waals surface area contributed by atoms with E-state index in [0.29, 0.717) is 0 Å². The molecule has 1 amide bonds. The molecular formula is C21H26BrNO2. The summed E-state index contributed by atoms with van der Waals surface area (Å²) in [6.45, 7) is 3.96. The SMILES string of the molecule is CCCCC(C(=O)NC(C)C(O)c1ccccc1)c1ccc(Br)cc1. The summed E-state index contributed by atoms with van der Waals surface area (Å²) in [6, 6.07) is 17.0. The van der Waals surface area contributed by atoms with Crippen LogP contribution in [0.2, 0.25) is 0 Å². The van der Waals surface area contributed by atoms with Crippen LogP contribution in [-0.2, 0) is 4.79 Å². The van der Waals surface area contributed by atoms with E-state index in [2.05, 4.69) is 28.2 Å². The number of carbonyl (C=O) groups excluding carboxylic acids is 1. The highest BCUT2D eigenvalue weighted by Crippen LogP contribution is 2.25. The standard InChI is InChI=1S/C21H26BrNO2/c1-3-4-10-19(16-11-13-18(22)14-12-16)21(25)23-15(2)20(24)17-8-6-5-7-9-17/h5-9,11-15,19-20,24H,3-4,10H2,1-2H3,(H,23,25). The van der Waals surface area contributed by atoms with E-state index in [0.717, 1.165) is 34.9 Å². The Hall–Kier alpha value is -1.65. The lowest BCUT2D eigenvalue weighted by molar-refractivity contribution is -0.124. The first-order valence-electron chi connectivity index (χ1n) is 8.81. The van der Waals surface area contributed by atoms with Crippen molar-refractivity contribution in [2.45, 2.75) is 51.2 Å². The van der Waals surface area contributed by atoms with Crippen LogP contribution in [0.5, 0.6) is 0 Å². The number of benzene rings is 2. The predicted molar refractivity (Wildman–Crippen MR) is 105 cm³/mol. The molecule has 0 saturated heterocycles. The third-order valence-corrected chi connectivity index (χ3v) is 4.95. The zero-order chi connectivity index (χ0) is 18.2. The monoisotopic (exact) mass is 403 g/mol. The van der Waals surface area contributed by atoms with E-state index in [1.165, 1.54) is 0 Å². The molecule has 2 N–H and O–H groups in total. The van der Waals surface area contributed by atoms with E-state index < -0.39 is 6.10 Å². The molecule has 0 aliphatic carbocycles. The summed E-state index contributed by atoms with van der Waals surface area (Å²) >= 11 is 3.44. The van der Waals surface area contributed by atoms with Crippen LogP contribution in [-0.4, -0.2) is 17.1 Å². The van der Waals surface area contributed by atoms with Gasteiger partial charge in [0.15, 0.2) is 0 Å². The van der Waals surface area contributed by atoms with Crippen LogP contribution in [0.1, 0.15) is 56.3 Å². The second kappa shape index (κ2) is 9.73. The van der Waals surface area contributed by atoms with Gasteiger partial charge in [-0.3, -0.25) is 4.79 Å². The minimum Gasteiger partial charge on any atom is -0.386 e. The summed E-state index contributed by atoms with van der Waals surface area (Å²) in [6.07, 6.45) is 2.12. The highest BCUT2D eigenvalue weighted by molar-refractivity contribution is 9.10. The molecule has 3 atom stereocenters. The van der Waals surface area contributed by atoms with Crippen molar-refractivity contribution in [1.29, 1.82) is 0 Å². The normalized spacial score (nSPS) is 14.6. The van der Waals surface area contributed by atoms with Gasteiger partial charge in [0, 0.05) is 4.47 Å². The highest BCUT2D eigenvalue weighted by atomic mass is 79.9. The fraction of sp³-hybridized carbons (Fsp3) is 0.381. The van der Waals surface area contributed by atoms with Crippen LogP contribution in [0.25, 0.3) is 0 Å². The van der Waals surface area contributed by atoms with Crippen LogP contribution >= 0.6 is 15.9 Å². The molecule has 0 aliphatic rings. The van der Waals surface area contributed by atoms with Gasteiger partial charge in [0.05, 0.1) is 18.1 Å². The average molecular weight is 404 g/mol. The molecule has 0 radical (unpaired) electrons. The number of aliphatic hydroxyl groups is 1. The first-order chi connectivity index (χ1) is 12.0.